The summed E-state index contributed by atoms with van der Waals surface area (Å²) in [5.41, 5.74) is 0.805. The highest BCUT2D eigenvalue weighted by atomic mass is 32.2. The van der Waals surface area contributed by atoms with Crippen molar-refractivity contribution in [1.82, 2.24) is 9.38 Å². The number of carbonyl (C=O) groups excluding carboxylic acids is 1. The van der Waals surface area contributed by atoms with E-state index in [0.29, 0.717) is 12.2 Å². The van der Waals surface area contributed by atoms with Crippen molar-refractivity contribution in [3.8, 4) is 5.75 Å². The minimum Gasteiger partial charge on any atom is -0.481 e. The molecule has 0 saturated heterocycles. The third-order valence-corrected chi connectivity index (χ3v) is 5.25. The summed E-state index contributed by atoms with van der Waals surface area (Å²) in [6, 6.07) is 7.84. The lowest BCUT2D eigenvalue weighted by molar-refractivity contribution is -0.124. The highest BCUT2D eigenvalue weighted by molar-refractivity contribution is 7.99. The molecule has 0 N–H and O–H groups in total. The summed E-state index contributed by atoms with van der Waals surface area (Å²) in [5.74, 6) is 1.55. The van der Waals surface area contributed by atoms with Gasteiger partial charge in [0, 0.05) is 28.4 Å². The van der Waals surface area contributed by atoms with E-state index in [2.05, 4.69) is 4.98 Å². The number of carbonyl (C=O) groups is 1. The van der Waals surface area contributed by atoms with Crippen LogP contribution in [0, 0.1) is 0 Å². The van der Waals surface area contributed by atoms with Gasteiger partial charge in [-0.3, -0.25) is 9.20 Å². The van der Waals surface area contributed by atoms with Crippen molar-refractivity contribution >= 4 is 33.8 Å². The van der Waals surface area contributed by atoms with Gasteiger partial charge < -0.3 is 4.74 Å². The van der Waals surface area contributed by atoms with Gasteiger partial charge in [0.2, 0.25) is 0 Å². The fourth-order valence-corrected chi connectivity index (χ4v) is 4.07. The van der Waals surface area contributed by atoms with Crippen LogP contribution < -0.4 is 4.74 Å². The predicted octanol–water partition coefficient (Wildman–Crippen LogP) is 3.06. The largest absolute Gasteiger partial charge is 0.481 e. The van der Waals surface area contributed by atoms with E-state index in [1.807, 2.05) is 46.4 Å². The molecule has 1 aliphatic heterocycles. The lowest BCUT2D eigenvalue weighted by atomic mass is 10.1. The highest BCUT2D eigenvalue weighted by Gasteiger charge is 2.26. The lowest BCUT2D eigenvalue weighted by Crippen LogP contribution is -2.33. The Morgan fingerprint density at radius 2 is 2.33 bits per heavy atom. The number of nitrogens with zero attached hydrogens (tertiary/aromatic N) is 2. The number of para-hydroxylation sites is 1. The maximum absolute atomic E-state index is 12.4. The quantitative estimate of drug-likeness (QED) is 0.745. The number of imidazole rings is 1. The van der Waals surface area contributed by atoms with Crippen molar-refractivity contribution in [3.05, 3.63) is 47.7 Å². The predicted molar refractivity (Wildman–Crippen MR) is 83.4 cm³/mol. The van der Waals surface area contributed by atoms with Crippen molar-refractivity contribution in [2.75, 3.05) is 5.75 Å². The van der Waals surface area contributed by atoms with Crippen LogP contribution in [-0.2, 0) is 11.2 Å². The van der Waals surface area contributed by atoms with Gasteiger partial charge in [-0.25, -0.2) is 4.98 Å². The molecular weight excluding hydrogens is 304 g/mol. The van der Waals surface area contributed by atoms with Crippen LogP contribution in [0.25, 0.3) is 4.96 Å². The van der Waals surface area contributed by atoms with Crippen molar-refractivity contribution < 1.29 is 9.53 Å². The number of fused-ring (bicyclic) bond motifs is 2. The molecule has 0 radical (unpaired) electrons. The molecule has 106 valence electrons. The first-order valence-corrected chi connectivity index (χ1v) is 8.48. The first-order valence-electron chi connectivity index (χ1n) is 6.62. The molecule has 21 heavy (non-hydrogen) atoms. The zero-order valence-electron chi connectivity index (χ0n) is 11.1. The SMILES string of the molecule is O=C(Cc1cn2ccsc2n1)C1CSc2ccccc2O1. The molecule has 3 aromatic rings. The smallest absolute Gasteiger partial charge is 0.193 e. The summed E-state index contributed by atoms with van der Waals surface area (Å²) in [6.07, 6.45) is 3.80. The molecular formula is C15H12N2O2S2. The summed E-state index contributed by atoms with van der Waals surface area (Å²) in [6.45, 7) is 0. The molecule has 0 bridgehead atoms. The van der Waals surface area contributed by atoms with Crippen molar-refractivity contribution in [2.24, 2.45) is 0 Å². The summed E-state index contributed by atoms with van der Waals surface area (Å²) in [5, 5.41) is 1.98. The van der Waals surface area contributed by atoms with E-state index >= 15 is 0 Å². The van der Waals surface area contributed by atoms with Crippen LogP contribution in [0.5, 0.6) is 5.75 Å². The third-order valence-electron chi connectivity index (χ3n) is 3.37. The van der Waals surface area contributed by atoms with Crippen molar-refractivity contribution in [3.63, 3.8) is 0 Å². The zero-order chi connectivity index (χ0) is 14.2. The van der Waals surface area contributed by atoms with Crippen LogP contribution >= 0.6 is 23.1 Å². The number of thioether (sulfide) groups is 1. The van der Waals surface area contributed by atoms with Gasteiger partial charge in [-0.2, -0.15) is 0 Å². The Labute approximate surface area is 129 Å². The minimum atomic E-state index is -0.385. The van der Waals surface area contributed by atoms with E-state index in [4.69, 9.17) is 4.74 Å². The standard InChI is InChI=1S/C15H12N2O2S2/c18-11(7-10-8-17-5-6-20-15(17)16-10)13-9-21-14-4-2-1-3-12(14)19-13/h1-6,8,13H,7,9H2. The first-order chi connectivity index (χ1) is 10.3. The molecule has 1 aliphatic rings. The van der Waals surface area contributed by atoms with Crippen LogP contribution in [0.15, 0.2) is 46.9 Å². The number of benzene rings is 1. The van der Waals surface area contributed by atoms with Gasteiger partial charge in [-0.05, 0) is 12.1 Å². The average Bonchev–Trinajstić information content (AvgIpc) is 3.08. The van der Waals surface area contributed by atoms with Gasteiger partial charge in [0.05, 0.1) is 12.1 Å². The number of ketones is 1. The molecule has 0 aliphatic carbocycles. The number of aromatic nitrogens is 2. The molecule has 0 spiro atoms. The average molecular weight is 316 g/mol. The lowest BCUT2D eigenvalue weighted by Gasteiger charge is -2.24. The molecule has 0 amide bonds. The second-order valence-corrected chi connectivity index (χ2v) is 6.77. The number of Topliss-reactive ketones (excluding diaryl/α,β-unsaturated/α-hetero) is 1. The second kappa shape index (κ2) is 5.20. The molecule has 2 aromatic heterocycles. The maximum Gasteiger partial charge on any atom is 0.193 e. The van der Waals surface area contributed by atoms with Gasteiger partial charge in [-0.1, -0.05) is 12.1 Å². The van der Waals surface area contributed by atoms with E-state index in [-0.39, 0.29) is 11.9 Å². The van der Waals surface area contributed by atoms with Gasteiger partial charge in [0.1, 0.15) is 5.75 Å². The van der Waals surface area contributed by atoms with E-state index < -0.39 is 0 Å². The van der Waals surface area contributed by atoms with E-state index in [0.717, 1.165) is 21.3 Å². The fraction of sp³-hybridized carbons (Fsp3) is 0.200. The maximum atomic E-state index is 12.4. The Kier molecular flexibility index (Phi) is 3.20. The highest BCUT2D eigenvalue weighted by Crippen LogP contribution is 2.35. The minimum absolute atomic E-state index is 0.0859. The van der Waals surface area contributed by atoms with Crippen LogP contribution in [0.1, 0.15) is 5.69 Å². The Bertz CT molecular complexity index is 780. The molecule has 0 fully saturated rings. The molecule has 1 atom stereocenters. The van der Waals surface area contributed by atoms with Gasteiger partial charge >= 0.3 is 0 Å². The summed E-state index contributed by atoms with van der Waals surface area (Å²) in [4.78, 5) is 18.9. The number of hydrogen-bond acceptors (Lipinski definition) is 5. The monoisotopic (exact) mass is 316 g/mol. The van der Waals surface area contributed by atoms with Crippen LogP contribution in [-0.4, -0.2) is 27.0 Å². The Morgan fingerprint density at radius 3 is 3.24 bits per heavy atom. The normalized spacial score (nSPS) is 17.4. The molecule has 1 unspecified atom stereocenters. The van der Waals surface area contributed by atoms with E-state index in [9.17, 15) is 4.79 Å². The van der Waals surface area contributed by atoms with E-state index in [1.165, 1.54) is 0 Å². The molecule has 3 heterocycles. The van der Waals surface area contributed by atoms with Crippen LogP contribution in [0.3, 0.4) is 0 Å². The Morgan fingerprint density at radius 1 is 1.43 bits per heavy atom. The third kappa shape index (κ3) is 2.45. The number of thiazole rings is 1. The summed E-state index contributed by atoms with van der Waals surface area (Å²) in [7, 11) is 0. The Hall–Kier alpha value is -1.79. The Balaban J connectivity index is 1.49. The molecule has 4 rings (SSSR count). The van der Waals surface area contributed by atoms with Crippen molar-refractivity contribution in [2.45, 2.75) is 17.4 Å². The van der Waals surface area contributed by atoms with Gasteiger partial charge in [0.15, 0.2) is 16.8 Å². The number of hydrogen-bond donors (Lipinski definition) is 0. The van der Waals surface area contributed by atoms with Gasteiger partial charge in [0.25, 0.3) is 0 Å². The fourth-order valence-electron chi connectivity index (χ4n) is 2.33. The first kappa shape index (κ1) is 12.9. The molecule has 4 nitrogen and oxygen atoms in total. The van der Waals surface area contributed by atoms with Gasteiger partial charge in [-0.15, -0.1) is 23.1 Å². The number of ether oxygens (including phenoxy) is 1. The summed E-state index contributed by atoms with van der Waals surface area (Å²) < 4.78 is 7.76. The zero-order valence-corrected chi connectivity index (χ0v) is 12.7. The molecule has 1 aromatic carbocycles. The number of rotatable bonds is 3. The second-order valence-electron chi connectivity index (χ2n) is 4.83. The summed E-state index contributed by atoms with van der Waals surface area (Å²) >= 11 is 3.24. The topological polar surface area (TPSA) is 43.6 Å². The van der Waals surface area contributed by atoms with Crippen LogP contribution in [0.2, 0.25) is 0 Å². The van der Waals surface area contributed by atoms with Crippen LogP contribution in [0.4, 0.5) is 0 Å². The van der Waals surface area contributed by atoms with Crippen molar-refractivity contribution in [1.29, 1.82) is 0 Å². The van der Waals surface area contributed by atoms with E-state index in [1.54, 1.807) is 23.1 Å². The molecule has 6 heteroatoms. The molecule has 0 saturated carbocycles.